The van der Waals surface area contributed by atoms with Crippen LogP contribution in [0.2, 0.25) is 0 Å². The molecule has 0 fully saturated rings. The lowest BCUT2D eigenvalue weighted by atomic mass is 9.97. The van der Waals surface area contributed by atoms with Crippen LogP contribution in [0.5, 0.6) is 17.2 Å². The van der Waals surface area contributed by atoms with Crippen molar-refractivity contribution in [2.24, 2.45) is 0 Å². The maximum Gasteiger partial charge on any atom is 0.123 e. The molecule has 3 rings (SSSR count). The monoisotopic (exact) mass is 266 g/mol. The lowest BCUT2D eigenvalue weighted by Gasteiger charge is -2.11. The van der Waals surface area contributed by atoms with E-state index in [1.54, 1.807) is 37.4 Å². The predicted molar refractivity (Wildman–Crippen MR) is 79.3 cm³/mol. The number of ether oxygens (including phenoxy) is 1. The second-order valence-electron chi connectivity index (χ2n) is 4.56. The second kappa shape index (κ2) is 4.78. The van der Waals surface area contributed by atoms with Crippen LogP contribution in [0.1, 0.15) is 0 Å². The summed E-state index contributed by atoms with van der Waals surface area (Å²) in [6, 6.07) is 16.1. The number of methoxy groups -OCH3 is 1. The zero-order valence-electron chi connectivity index (χ0n) is 11.0. The first kappa shape index (κ1) is 12.4. The summed E-state index contributed by atoms with van der Waals surface area (Å²) in [5, 5.41) is 21.7. The molecule has 0 bridgehead atoms. The highest BCUT2D eigenvalue weighted by Crippen LogP contribution is 2.39. The molecule has 3 aromatic carbocycles. The van der Waals surface area contributed by atoms with Gasteiger partial charge in [0, 0.05) is 10.9 Å². The molecular weight excluding hydrogens is 252 g/mol. The Morgan fingerprint density at radius 2 is 1.45 bits per heavy atom. The number of aromatic hydroxyl groups is 2. The number of rotatable bonds is 2. The highest BCUT2D eigenvalue weighted by Gasteiger charge is 2.11. The minimum atomic E-state index is 0.182. The van der Waals surface area contributed by atoms with Crippen LogP contribution in [0.25, 0.3) is 21.9 Å². The van der Waals surface area contributed by atoms with Crippen molar-refractivity contribution < 1.29 is 14.9 Å². The van der Waals surface area contributed by atoms with Gasteiger partial charge < -0.3 is 14.9 Å². The molecule has 0 aromatic heterocycles. The van der Waals surface area contributed by atoms with Crippen molar-refractivity contribution in [3.8, 4) is 28.4 Å². The zero-order valence-corrected chi connectivity index (χ0v) is 11.0. The topological polar surface area (TPSA) is 49.7 Å². The minimum Gasteiger partial charge on any atom is -0.507 e. The Balaban J connectivity index is 2.33. The lowest BCUT2D eigenvalue weighted by molar-refractivity contribution is 0.412. The normalized spacial score (nSPS) is 10.7. The summed E-state index contributed by atoms with van der Waals surface area (Å²) in [6.45, 7) is 0. The zero-order chi connectivity index (χ0) is 14.1. The van der Waals surface area contributed by atoms with Gasteiger partial charge in [0.1, 0.15) is 17.2 Å². The maximum atomic E-state index is 10.1. The molecular formula is C17H14O3. The number of phenolic OH excluding ortho intramolecular Hbond substituents is 2. The van der Waals surface area contributed by atoms with Crippen molar-refractivity contribution in [3.05, 3.63) is 54.6 Å². The van der Waals surface area contributed by atoms with Gasteiger partial charge in [0.25, 0.3) is 0 Å². The van der Waals surface area contributed by atoms with Crippen molar-refractivity contribution in [2.45, 2.75) is 0 Å². The van der Waals surface area contributed by atoms with E-state index in [4.69, 9.17) is 4.74 Å². The van der Waals surface area contributed by atoms with E-state index in [0.717, 1.165) is 16.3 Å². The minimum absolute atomic E-state index is 0.182. The Labute approximate surface area is 116 Å². The van der Waals surface area contributed by atoms with Crippen LogP contribution >= 0.6 is 0 Å². The van der Waals surface area contributed by atoms with E-state index in [0.29, 0.717) is 11.3 Å². The predicted octanol–water partition coefficient (Wildman–Crippen LogP) is 3.93. The maximum absolute atomic E-state index is 10.1. The van der Waals surface area contributed by atoms with Crippen LogP contribution in [0.15, 0.2) is 54.6 Å². The third-order valence-corrected chi connectivity index (χ3v) is 3.39. The van der Waals surface area contributed by atoms with Gasteiger partial charge in [0.15, 0.2) is 0 Å². The SMILES string of the molecule is COc1ccc(O)c(-c2ccc(O)c3ccccc23)c1. The summed E-state index contributed by atoms with van der Waals surface area (Å²) in [7, 11) is 1.59. The highest BCUT2D eigenvalue weighted by molar-refractivity contribution is 6.01. The molecule has 0 heterocycles. The van der Waals surface area contributed by atoms with Crippen molar-refractivity contribution in [1.29, 1.82) is 0 Å². The molecule has 0 spiro atoms. The molecule has 0 atom stereocenters. The van der Waals surface area contributed by atoms with E-state index in [9.17, 15) is 10.2 Å². The number of fused-ring (bicyclic) bond motifs is 1. The fraction of sp³-hybridized carbons (Fsp3) is 0.0588. The highest BCUT2D eigenvalue weighted by atomic mass is 16.5. The van der Waals surface area contributed by atoms with Gasteiger partial charge in [-0.15, -0.1) is 0 Å². The number of phenols is 2. The van der Waals surface area contributed by atoms with Gasteiger partial charge in [-0.25, -0.2) is 0 Å². The molecule has 0 aliphatic carbocycles. The van der Waals surface area contributed by atoms with Gasteiger partial charge in [0.05, 0.1) is 7.11 Å². The fourth-order valence-corrected chi connectivity index (χ4v) is 2.38. The molecule has 0 unspecified atom stereocenters. The second-order valence-corrected chi connectivity index (χ2v) is 4.56. The average Bonchev–Trinajstić information content (AvgIpc) is 2.49. The molecule has 0 saturated carbocycles. The molecule has 0 amide bonds. The standard InChI is InChI=1S/C17H14O3/c1-20-11-6-8-17(19)15(10-11)13-7-9-16(18)14-5-3-2-4-12(13)14/h2-10,18-19H,1H3. The molecule has 3 nitrogen and oxygen atoms in total. The third kappa shape index (κ3) is 1.93. The molecule has 0 saturated heterocycles. The quantitative estimate of drug-likeness (QED) is 0.739. The number of hydrogen-bond donors (Lipinski definition) is 2. The van der Waals surface area contributed by atoms with Crippen LogP contribution < -0.4 is 4.74 Å². The van der Waals surface area contributed by atoms with Crippen molar-refractivity contribution >= 4 is 10.8 Å². The van der Waals surface area contributed by atoms with E-state index >= 15 is 0 Å². The van der Waals surface area contributed by atoms with E-state index in [2.05, 4.69) is 0 Å². The molecule has 100 valence electrons. The molecule has 0 aliphatic rings. The molecule has 0 aliphatic heterocycles. The van der Waals surface area contributed by atoms with Gasteiger partial charge in [-0.2, -0.15) is 0 Å². The van der Waals surface area contributed by atoms with Gasteiger partial charge >= 0.3 is 0 Å². The Hall–Kier alpha value is -2.68. The van der Waals surface area contributed by atoms with E-state index in [1.807, 2.05) is 24.3 Å². The number of hydrogen-bond acceptors (Lipinski definition) is 3. The largest absolute Gasteiger partial charge is 0.507 e. The van der Waals surface area contributed by atoms with Crippen LogP contribution in [-0.4, -0.2) is 17.3 Å². The Kier molecular flexibility index (Phi) is 2.95. The summed E-state index contributed by atoms with van der Waals surface area (Å²) >= 11 is 0. The summed E-state index contributed by atoms with van der Waals surface area (Å²) in [5.74, 6) is 1.09. The van der Waals surface area contributed by atoms with E-state index in [1.165, 1.54) is 0 Å². The fourth-order valence-electron chi connectivity index (χ4n) is 2.38. The van der Waals surface area contributed by atoms with E-state index < -0.39 is 0 Å². The van der Waals surface area contributed by atoms with Crippen LogP contribution in [0.3, 0.4) is 0 Å². The molecule has 2 N–H and O–H groups in total. The van der Waals surface area contributed by atoms with Crippen LogP contribution in [-0.2, 0) is 0 Å². The van der Waals surface area contributed by atoms with Crippen LogP contribution in [0.4, 0.5) is 0 Å². The first-order valence-corrected chi connectivity index (χ1v) is 6.29. The third-order valence-electron chi connectivity index (χ3n) is 3.39. The Bertz CT molecular complexity index is 778. The van der Waals surface area contributed by atoms with Gasteiger partial charge in [-0.05, 0) is 41.3 Å². The van der Waals surface area contributed by atoms with Gasteiger partial charge in [0.2, 0.25) is 0 Å². The average molecular weight is 266 g/mol. The lowest BCUT2D eigenvalue weighted by Crippen LogP contribution is -1.86. The first-order chi connectivity index (χ1) is 9.70. The van der Waals surface area contributed by atoms with Crippen molar-refractivity contribution in [1.82, 2.24) is 0 Å². The summed E-state index contributed by atoms with van der Waals surface area (Å²) < 4.78 is 5.21. The smallest absolute Gasteiger partial charge is 0.123 e. The van der Waals surface area contributed by atoms with Gasteiger partial charge in [-0.3, -0.25) is 0 Å². The Morgan fingerprint density at radius 1 is 0.750 bits per heavy atom. The number of benzene rings is 3. The van der Waals surface area contributed by atoms with Gasteiger partial charge in [-0.1, -0.05) is 24.3 Å². The Morgan fingerprint density at radius 3 is 2.20 bits per heavy atom. The van der Waals surface area contributed by atoms with Crippen molar-refractivity contribution in [3.63, 3.8) is 0 Å². The summed E-state index contributed by atoms with van der Waals surface area (Å²) in [5.41, 5.74) is 1.54. The van der Waals surface area contributed by atoms with Crippen LogP contribution in [0, 0.1) is 0 Å². The molecule has 3 aromatic rings. The first-order valence-electron chi connectivity index (χ1n) is 6.29. The molecule has 0 radical (unpaired) electrons. The summed E-state index contributed by atoms with van der Waals surface area (Å²) in [6.07, 6.45) is 0. The van der Waals surface area contributed by atoms with E-state index in [-0.39, 0.29) is 11.5 Å². The molecule has 20 heavy (non-hydrogen) atoms. The van der Waals surface area contributed by atoms with Crippen molar-refractivity contribution in [2.75, 3.05) is 7.11 Å². The summed E-state index contributed by atoms with van der Waals surface area (Å²) in [4.78, 5) is 0. The molecule has 3 heteroatoms.